The lowest BCUT2D eigenvalue weighted by molar-refractivity contribution is 0.198. The maximum absolute atomic E-state index is 14.2. The molecule has 0 spiro atoms. The average Bonchev–Trinajstić information content (AvgIpc) is 3.23. The number of piperazine rings is 1. The molecule has 0 amide bonds. The Labute approximate surface area is 151 Å². The van der Waals surface area contributed by atoms with Crippen molar-refractivity contribution in [1.82, 2.24) is 25.1 Å². The number of rotatable bonds is 4. The lowest BCUT2D eigenvalue weighted by atomic mass is 10.1. The van der Waals surface area contributed by atoms with Gasteiger partial charge in [0.05, 0.1) is 6.20 Å². The molecule has 1 saturated heterocycles. The van der Waals surface area contributed by atoms with E-state index >= 15 is 0 Å². The van der Waals surface area contributed by atoms with Gasteiger partial charge < -0.3 is 4.90 Å². The van der Waals surface area contributed by atoms with Crippen molar-refractivity contribution in [2.24, 2.45) is 0 Å². The van der Waals surface area contributed by atoms with Crippen LogP contribution in [0.15, 0.2) is 49.1 Å². The molecule has 1 N–H and O–H groups in total. The van der Waals surface area contributed by atoms with Crippen molar-refractivity contribution < 1.29 is 4.39 Å². The lowest BCUT2D eigenvalue weighted by Crippen LogP contribution is -2.47. The van der Waals surface area contributed by atoms with Crippen LogP contribution in [0, 0.1) is 5.82 Å². The molecule has 1 unspecified atom stereocenters. The minimum atomic E-state index is -0.276. The summed E-state index contributed by atoms with van der Waals surface area (Å²) in [6.07, 6.45) is 7.09. The molecule has 7 heteroatoms. The largest absolute Gasteiger partial charge is 0.352 e. The van der Waals surface area contributed by atoms with E-state index in [4.69, 9.17) is 0 Å². The van der Waals surface area contributed by atoms with Gasteiger partial charge in [0.15, 0.2) is 5.82 Å². The Morgan fingerprint density at radius 3 is 2.58 bits per heavy atom. The molecule has 3 heterocycles. The van der Waals surface area contributed by atoms with Crippen molar-refractivity contribution in [3.8, 4) is 11.3 Å². The van der Waals surface area contributed by atoms with E-state index in [1.54, 1.807) is 24.5 Å². The molecule has 1 fully saturated rings. The number of benzene rings is 1. The summed E-state index contributed by atoms with van der Waals surface area (Å²) in [5, 5.41) is 6.91. The number of anilines is 1. The van der Waals surface area contributed by atoms with Gasteiger partial charge in [-0.15, -0.1) is 0 Å². The summed E-state index contributed by atoms with van der Waals surface area (Å²) >= 11 is 0. The van der Waals surface area contributed by atoms with Crippen molar-refractivity contribution in [2.45, 2.75) is 13.0 Å². The minimum absolute atomic E-state index is 0.276. The summed E-state index contributed by atoms with van der Waals surface area (Å²) in [6.45, 7) is 5.64. The first-order chi connectivity index (χ1) is 12.7. The summed E-state index contributed by atoms with van der Waals surface area (Å²) in [5.74, 6) is 0.467. The molecule has 1 atom stereocenters. The van der Waals surface area contributed by atoms with Crippen LogP contribution in [-0.4, -0.2) is 51.2 Å². The first-order valence-electron chi connectivity index (χ1n) is 8.77. The molecule has 0 bridgehead atoms. The van der Waals surface area contributed by atoms with Crippen molar-refractivity contribution >= 4 is 5.82 Å². The summed E-state index contributed by atoms with van der Waals surface area (Å²) in [4.78, 5) is 13.5. The zero-order valence-electron chi connectivity index (χ0n) is 14.6. The van der Waals surface area contributed by atoms with Gasteiger partial charge in [0.1, 0.15) is 11.5 Å². The Morgan fingerprint density at radius 1 is 1.08 bits per heavy atom. The van der Waals surface area contributed by atoms with Gasteiger partial charge in [0.2, 0.25) is 0 Å². The van der Waals surface area contributed by atoms with Crippen LogP contribution in [0.4, 0.5) is 10.2 Å². The van der Waals surface area contributed by atoms with E-state index in [0.717, 1.165) is 32.0 Å². The second-order valence-corrected chi connectivity index (χ2v) is 6.44. The summed E-state index contributed by atoms with van der Waals surface area (Å²) in [7, 11) is 0. The fraction of sp³-hybridized carbons (Fsp3) is 0.316. The Bertz CT molecular complexity index is 858. The molecule has 0 saturated carbocycles. The van der Waals surface area contributed by atoms with Gasteiger partial charge in [0.25, 0.3) is 0 Å². The molecule has 1 aliphatic heterocycles. The average molecular weight is 352 g/mol. The molecule has 1 aliphatic rings. The molecule has 0 radical (unpaired) electrons. The smallest absolute Gasteiger partial charge is 0.155 e. The van der Waals surface area contributed by atoms with Gasteiger partial charge in [-0.05, 0) is 19.1 Å². The topological polar surface area (TPSA) is 60.9 Å². The highest BCUT2D eigenvalue weighted by Crippen LogP contribution is 2.30. The predicted octanol–water partition coefficient (Wildman–Crippen LogP) is 2.89. The van der Waals surface area contributed by atoms with Crippen molar-refractivity contribution in [1.29, 1.82) is 0 Å². The normalized spacial score (nSPS) is 16.6. The number of hydrogen-bond donors (Lipinski definition) is 1. The predicted molar refractivity (Wildman–Crippen MR) is 98.2 cm³/mol. The van der Waals surface area contributed by atoms with E-state index in [-0.39, 0.29) is 5.82 Å². The number of nitrogens with zero attached hydrogens (tertiary/aromatic N) is 5. The van der Waals surface area contributed by atoms with E-state index in [0.29, 0.717) is 17.3 Å². The fourth-order valence-corrected chi connectivity index (χ4v) is 3.43. The van der Waals surface area contributed by atoms with Gasteiger partial charge in [-0.25, -0.2) is 9.37 Å². The van der Waals surface area contributed by atoms with Gasteiger partial charge >= 0.3 is 0 Å². The maximum atomic E-state index is 14.2. The molecule has 3 aromatic rings. The maximum Gasteiger partial charge on any atom is 0.155 e. The van der Waals surface area contributed by atoms with E-state index in [9.17, 15) is 4.39 Å². The van der Waals surface area contributed by atoms with Gasteiger partial charge in [-0.3, -0.25) is 15.0 Å². The van der Waals surface area contributed by atoms with Crippen LogP contribution < -0.4 is 4.90 Å². The van der Waals surface area contributed by atoms with Crippen LogP contribution in [0.3, 0.4) is 0 Å². The van der Waals surface area contributed by atoms with Gasteiger partial charge in [-0.1, -0.05) is 12.1 Å². The zero-order chi connectivity index (χ0) is 17.9. The van der Waals surface area contributed by atoms with E-state index in [2.05, 4.69) is 36.9 Å². The number of H-pyrrole nitrogens is 1. The van der Waals surface area contributed by atoms with E-state index in [1.807, 2.05) is 18.5 Å². The molecule has 134 valence electrons. The number of halogens is 1. The highest BCUT2D eigenvalue weighted by molar-refractivity contribution is 5.72. The number of aromatic amines is 1. The molecule has 4 rings (SSSR count). The SMILES string of the molecule is CC(c1cn[nH]c1)N1CCN(c2nccnc2-c2ccccc2F)CC1. The van der Waals surface area contributed by atoms with Crippen LogP contribution >= 0.6 is 0 Å². The Kier molecular flexibility index (Phi) is 4.62. The molecule has 0 aliphatic carbocycles. The van der Waals surface area contributed by atoms with E-state index < -0.39 is 0 Å². The lowest BCUT2D eigenvalue weighted by Gasteiger charge is -2.38. The third-order valence-corrected chi connectivity index (χ3v) is 4.97. The van der Waals surface area contributed by atoms with Crippen LogP contribution in [0.2, 0.25) is 0 Å². The Hall–Kier alpha value is -2.80. The van der Waals surface area contributed by atoms with Gasteiger partial charge in [-0.2, -0.15) is 5.10 Å². The first kappa shape index (κ1) is 16.7. The number of hydrogen-bond acceptors (Lipinski definition) is 5. The highest BCUT2D eigenvalue weighted by Gasteiger charge is 2.25. The van der Waals surface area contributed by atoms with Crippen molar-refractivity contribution in [3.63, 3.8) is 0 Å². The molecule has 1 aromatic carbocycles. The van der Waals surface area contributed by atoms with E-state index in [1.165, 1.54) is 11.6 Å². The quantitative estimate of drug-likeness (QED) is 0.782. The number of nitrogens with one attached hydrogen (secondary N) is 1. The van der Waals surface area contributed by atoms with Crippen molar-refractivity contribution in [3.05, 3.63) is 60.4 Å². The van der Waals surface area contributed by atoms with Crippen LogP contribution in [0.5, 0.6) is 0 Å². The second kappa shape index (κ2) is 7.21. The Morgan fingerprint density at radius 2 is 1.85 bits per heavy atom. The monoisotopic (exact) mass is 352 g/mol. The molecular weight excluding hydrogens is 331 g/mol. The molecular formula is C19H21FN6. The van der Waals surface area contributed by atoms with Crippen LogP contribution in [0.25, 0.3) is 11.3 Å². The summed E-state index contributed by atoms with van der Waals surface area (Å²) in [5.41, 5.74) is 2.27. The first-order valence-corrected chi connectivity index (χ1v) is 8.77. The third kappa shape index (κ3) is 3.17. The Balaban J connectivity index is 1.53. The van der Waals surface area contributed by atoms with Crippen LogP contribution in [-0.2, 0) is 0 Å². The van der Waals surface area contributed by atoms with Crippen LogP contribution in [0.1, 0.15) is 18.5 Å². The fourth-order valence-electron chi connectivity index (χ4n) is 3.43. The second-order valence-electron chi connectivity index (χ2n) is 6.44. The summed E-state index contributed by atoms with van der Waals surface area (Å²) in [6, 6.07) is 7.02. The number of aromatic nitrogens is 4. The van der Waals surface area contributed by atoms with Gasteiger partial charge in [0, 0.05) is 61.9 Å². The summed E-state index contributed by atoms with van der Waals surface area (Å²) < 4.78 is 14.2. The highest BCUT2D eigenvalue weighted by atomic mass is 19.1. The van der Waals surface area contributed by atoms with Crippen molar-refractivity contribution in [2.75, 3.05) is 31.1 Å². The minimum Gasteiger partial charge on any atom is -0.352 e. The molecule has 2 aromatic heterocycles. The molecule has 26 heavy (non-hydrogen) atoms. The third-order valence-electron chi connectivity index (χ3n) is 4.97. The molecule has 6 nitrogen and oxygen atoms in total. The standard InChI is InChI=1S/C19H21FN6/c1-14(15-12-23-24-13-15)25-8-10-26(11-9-25)19-18(21-6-7-22-19)16-4-2-3-5-17(16)20/h2-7,12-14H,8-11H2,1H3,(H,23,24). The zero-order valence-corrected chi connectivity index (χ0v) is 14.6.